The van der Waals surface area contributed by atoms with Crippen LogP contribution in [0.2, 0.25) is 0 Å². The smallest absolute Gasteiger partial charge is 0.335 e. The van der Waals surface area contributed by atoms with E-state index in [0.717, 1.165) is 47.3 Å². The van der Waals surface area contributed by atoms with Crippen LogP contribution in [-0.4, -0.2) is 17.1 Å². The van der Waals surface area contributed by atoms with Crippen LogP contribution >= 0.6 is 22.6 Å². The Morgan fingerprint density at radius 2 is 1.75 bits per heavy atom. The number of urea groups is 1. The Morgan fingerprint density at radius 3 is 2.36 bits per heavy atom. The molecule has 36 heavy (non-hydrogen) atoms. The van der Waals surface area contributed by atoms with Gasteiger partial charge >= 0.3 is 12.2 Å². The molecule has 1 aliphatic rings. The summed E-state index contributed by atoms with van der Waals surface area (Å²) in [5, 5.41) is 6.13. The van der Waals surface area contributed by atoms with E-state index >= 15 is 0 Å². The third kappa shape index (κ3) is 6.02. The second-order valence-corrected chi connectivity index (χ2v) is 10.1. The molecule has 0 unspecified atom stereocenters. The number of pyridine rings is 1. The molecule has 0 spiro atoms. The highest BCUT2D eigenvalue weighted by Gasteiger charge is 2.41. The highest BCUT2D eigenvalue weighted by Crippen LogP contribution is 2.38. The number of carbonyl (C=O) groups is 1. The minimum atomic E-state index is -4.52. The first kappa shape index (κ1) is 26.4. The fourth-order valence-corrected chi connectivity index (χ4v) is 5.31. The third-order valence-corrected chi connectivity index (χ3v) is 7.66. The van der Waals surface area contributed by atoms with Gasteiger partial charge in [0.2, 0.25) is 0 Å². The maximum absolute atomic E-state index is 14.0. The molecule has 1 heterocycles. The van der Waals surface area contributed by atoms with Gasteiger partial charge in [-0.3, -0.25) is 4.98 Å². The molecule has 8 heteroatoms. The van der Waals surface area contributed by atoms with Gasteiger partial charge in [0, 0.05) is 23.1 Å². The number of nitrogens with zero attached hydrogens (tertiary/aromatic N) is 1. The first-order chi connectivity index (χ1) is 17.2. The minimum Gasteiger partial charge on any atom is -0.335 e. The fraction of sp³-hybridized carbons (Fsp3) is 0.357. The van der Waals surface area contributed by atoms with Crippen molar-refractivity contribution in [3.63, 3.8) is 0 Å². The summed E-state index contributed by atoms with van der Waals surface area (Å²) >= 11 is 2.24. The van der Waals surface area contributed by atoms with Crippen molar-refractivity contribution in [3.05, 3.63) is 100 Å². The molecule has 4 nitrogen and oxygen atoms in total. The zero-order valence-corrected chi connectivity index (χ0v) is 22.2. The predicted octanol–water partition coefficient (Wildman–Crippen LogP) is 7.07. The Labute approximate surface area is 223 Å². The first-order valence-electron chi connectivity index (χ1n) is 12.0. The van der Waals surface area contributed by atoms with Gasteiger partial charge in [0.05, 0.1) is 11.3 Å². The second-order valence-electron chi connectivity index (χ2n) is 9.36. The summed E-state index contributed by atoms with van der Waals surface area (Å²) in [4.78, 5) is 18.0. The van der Waals surface area contributed by atoms with Crippen LogP contribution in [0.5, 0.6) is 0 Å². The van der Waals surface area contributed by atoms with E-state index in [4.69, 9.17) is 0 Å². The van der Waals surface area contributed by atoms with E-state index in [-0.39, 0.29) is 18.0 Å². The lowest BCUT2D eigenvalue weighted by Gasteiger charge is -2.36. The molecule has 2 aromatic carbocycles. The maximum atomic E-state index is 14.0. The number of carbonyl (C=O) groups excluding carboxylic acids is 1. The number of hydrogen-bond donors (Lipinski definition) is 2. The van der Waals surface area contributed by atoms with Crippen LogP contribution in [0.25, 0.3) is 0 Å². The number of amides is 2. The summed E-state index contributed by atoms with van der Waals surface area (Å²) in [6.07, 6.45) is 1.32. The third-order valence-electron chi connectivity index (χ3n) is 6.78. The number of hydrogen-bond acceptors (Lipinski definition) is 2. The normalized spacial score (nSPS) is 15.9. The average Bonchev–Trinajstić information content (AvgIpc) is 3.36. The SMILES string of the molecule is Cc1ccc([C@@](Cc2ccccc2)(NC(=O)NC2CCCC2)c2ccc(CI)cn2)cc1C(F)(F)F. The van der Waals surface area contributed by atoms with Crippen molar-refractivity contribution in [2.24, 2.45) is 0 Å². The van der Waals surface area contributed by atoms with Crippen molar-refractivity contribution in [2.45, 2.75) is 61.2 Å². The largest absolute Gasteiger partial charge is 0.416 e. The summed E-state index contributed by atoms with van der Waals surface area (Å²) in [5.74, 6) is 0. The fourth-order valence-electron chi connectivity index (χ4n) is 4.86. The summed E-state index contributed by atoms with van der Waals surface area (Å²) in [6, 6.07) is 17.1. The molecule has 190 valence electrons. The Hall–Kier alpha value is -2.62. The maximum Gasteiger partial charge on any atom is 0.416 e. The number of aromatic nitrogens is 1. The zero-order chi connectivity index (χ0) is 25.8. The lowest BCUT2D eigenvalue weighted by atomic mass is 9.79. The van der Waals surface area contributed by atoms with Crippen molar-refractivity contribution in [1.82, 2.24) is 15.6 Å². The van der Waals surface area contributed by atoms with Gasteiger partial charge in [-0.15, -0.1) is 0 Å². The van der Waals surface area contributed by atoms with E-state index in [1.54, 1.807) is 18.3 Å². The Morgan fingerprint density at radius 1 is 1.03 bits per heavy atom. The van der Waals surface area contributed by atoms with Crippen LogP contribution in [0.15, 0.2) is 66.9 Å². The van der Waals surface area contributed by atoms with Gasteiger partial charge in [-0.1, -0.05) is 84.0 Å². The molecule has 3 aromatic rings. The van der Waals surface area contributed by atoms with Gasteiger partial charge in [0.25, 0.3) is 0 Å². The summed E-state index contributed by atoms with van der Waals surface area (Å²) in [6.45, 7) is 1.44. The van der Waals surface area contributed by atoms with Gasteiger partial charge in [0.1, 0.15) is 5.54 Å². The number of rotatable bonds is 7. The topological polar surface area (TPSA) is 54.0 Å². The molecule has 4 rings (SSSR count). The molecule has 1 saturated carbocycles. The summed E-state index contributed by atoms with van der Waals surface area (Å²) < 4.78 is 42.6. The summed E-state index contributed by atoms with van der Waals surface area (Å²) in [7, 11) is 0. The Bertz CT molecular complexity index is 1180. The van der Waals surface area contributed by atoms with Gasteiger partial charge in [-0.25, -0.2) is 4.79 Å². The van der Waals surface area contributed by atoms with E-state index in [1.807, 2.05) is 36.4 Å². The average molecular weight is 607 g/mol. The second kappa shape index (κ2) is 11.2. The molecule has 2 N–H and O–H groups in total. The van der Waals surface area contributed by atoms with Crippen LogP contribution in [0.4, 0.5) is 18.0 Å². The molecule has 0 saturated heterocycles. The van der Waals surface area contributed by atoms with E-state index in [9.17, 15) is 18.0 Å². The molecule has 1 aliphatic carbocycles. The van der Waals surface area contributed by atoms with E-state index in [0.29, 0.717) is 11.3 Å². The molecule has 1 aromatic heterocycles. The number of benzene rings is 2. The van der Waals surface area contributed by atoms with Crippen LogP contribution in [0.1, 0.15) is 59.2 Å². The van der Waals surface area contributed by atoms with Crippen molar-refractivity contribution in [2.75, 3.05) is 0 Å². The number of halogens is 4. The predicted molar refractivity (Wildman–Crippen MR) is 143 cm³/mol. The zero-order valence-electron chi connectivity index (χ0n) is 20.0. The molecule has 2 amide bonds. The molecular formula is C28H29F3IN3O. The highest BCUT2D eigenvalue weighted by atomic mass is 127. The van der Waals surface area contributed by atoms with Crippen LogP contribution < -0.4 is 10.6 Å². The van der Waals surface area contributed by atoms with Crippen molar-refractivity contribution in [1.29, 1.82) is 0 Å². The van der Waals surface area contributed by atoms with Crippen molar-refractivity contribution in [3.8, 4) is 0 Å². The molecule has 0 bridgehead atoms. The molecule has 0 aliphatic heterocycles. The molecule has 1 fully saturated rings. The van der Waals surface area contributed by atoms with Gasteiger partial charge < -0.3 is 10.6 Å². The molecule has 0 radical (unpaired) electrons. The minimum absolute atomic E-state index is 0.0533. The van der Waals surface area contributed by atoms with E-state index in [1.165, 1.54) is 13.0 Å². The van der Waals surface area contributed by atoms with Crippen LogP contribution in [0.3, 0.4) is 0 Å². The number of alkyl halides is 4. The Balaban J connectivity index is 1.88. The van der Waals surface area contributed by atoms with Gasteiger partial charge in [-0.2, -0.15) is 13.2 Å². The number of nitrogens with one attached hydrogen (secondary N) is 2. The first-order valence-corrected chi connectivity index (χ1v) is 13.6. The van der Waals surface area contributed by atoms with Crippen LogP contribution in [-0.2, 0) is 22.6 Å². The van der Waals surface area contributed by atoms with Gasteiger partial charge in [-0.05, 0) is 54.2 Å². The van der Waals surface area contributed by atoms with Crippen LogP contribution in [0, 0.1) is 6.92 Å². The quantitative estimate of drug-likeness (QED) is 0.223. The lowest BCUT2D eigenvalue weighted by molar-refractivity contribution is -0.138. The van der Waals surface area contributed by atoms with E-state index in [2.05, 4.69) is 38.2 Å². The number of aryl methyl sites for hydroxylation is 1. The van der Waals surface area contributed by atoms with E-state index < -0.39 is 23.3 Å². The Kier molecular flexibility index (Phi) is 8.22. The molecular weight excluding hydrogens is 578 g/mol. The summed E-state index contributed by atoms with van der Waals surface area (Å²) in [5.41, 5.74) is 0.763. The van der Waals surface area contributed by atoms with Crippen molar-refractivity contribution < 1.29 is 18.0 Å². The lowest BCUT2D eigenvalue weighted by Crippen LogP contribution is -2.54. The highest BCUT2D eigenvalue weighted by molar-refractivity contribution is 14.1. The monoisotopic (exact) mass is 607 g/mol. The van der Waals surface area contributed by atoms with Gasteiger partial charge in [0.15, 0.2) is 0 Å². The van der Waals surface area contributed by atoms with Crippen molar-refractivity contribution >= 4 is 28.6 Å². The molecule has 1 atom stereocenters. The standard InChI is InChI=1S/C28H29F3IN3O/c1-19-11-13-22(15-24(19)28(29,30)31)27(16-20-7-3-2-4-8-20,25-14-12-21(17-32)18-33-25)35-26(36)34-23-9-5-6-10-23/h2-4,7-8,11-15,18,23H,5-6,9-10,16-17H2,1H3,(H2,34,35,36)/t27-/m1/s1.